The van der Waals surface area contributed by atoms with Gasteiger partial charge in [0.25, 0.3) is 0 Å². The Bertz CT molecular complexity index is 495. The lowest BCUT2D eigenvalue weighted by molar-refractivity contribution is -0.114. The minimum atomic E-state index is -0.928. The Labute approximate surface area is 115 Å². The zero-order chi connectivity index (χ0) is 15.3. The number of benzene rings is 1. The van der Waals surface area contributed by atoms with Crippen LogP contribution in [0.4, 0.5) is 19.3 Å². The van der Waals surface area contributed by atoms with Crippen LogP contribution in [0.15, 0.2) is 12.1 Å². The molecule has 0 aliphatic rings. The molecule has 0 radical (unpaired) electrons. The number of hydrogen-bond acceptors (Lipinski definition) is 3. The van der Waals surface area contributed by atoms with Crippen molar-refractivity contribution in [3.63, 3.8) is 0 Å². The molecule has 0 fully saturated rings. The summed E-state index contributed by atoms with van der Waals surface area (Å²) in [6.07, 6.45) is -0.674. The summed E-state index contributed by atoms with van der Waals surface area (Å²) in [6, 6.07) is 1.90. The second-order valence-electron chi connectivity index (χ2n) is 4.49. The fraction of sp³-hybridized carbons (Fsp3) is 0.385. The monoisotopic (exact) mass is 286 g/mol. The first-order valence-corrected chi connectivity index (χ1v) is 5.98. The lowest BCUT2D eigenvalue weighted by atomic mass is 10.2. The summed E-state index contributed by atoms with van der Waals surface area (Å²) in [7, 11) is 0. The van der Waals surface area contributed by atoms with Crippen molar-refractivity contribution in [1.29, 1.82) is 0 Å². The van der Waals surface area contributed by atoms with E-state index in [-0.39, 0.29) is 18.2 Å². The topological polar surface area (TPSA) is 67.4 Å². The van der Waals surface area contributed by atoms with E-state index in [1.165, 1.54) is 0 Å². The summed E-state index contributed by atoms with van der Waals surface area (Å²) in [5.74, 6) is -2.44. The number of hydrogen-bond donors (Lipinski definition) is 2. The highest BCUT2D eigenvalue weighted by atomic mass is 19.1. The largest absolute Gasteiger partial charge is 0.445 e. The van der Waals surface area contributed by atoms with Crippen LogP contribution in [0.5, 0.6) is 0 Å². The summed E-state index contributed by atoms with van der Waals surface area (Å²) in [5, 5.41) is 4.52. The molecule has 0 aliphatic carbocycles. The van der Waals surface area contributed by atoms with Gasteiger partial charge >= 0.3 is 6.09 Å². The lowest BCUT2D eigenvalue weighted by Crippen LogP contribution is -2.30. The van der Waals surface area contributed by atoms with Crippen molar-refractivity contribution in [3.05, 3.63) is 29.3 Å². The van der Waals surface area contributed by atoms with E-state index >= 15 is 0 Å². The highest BCUT2D eigenvalue weighted by Crippen LogP contribution is 2.21. The van der Waals surface area contributed by atoms with Crippen molar-refractivity contribution in [2.45, 2.75) is 33.4 Å². The molecular weight excluding hydrogens is 270 g/mol. The Balaban J connectivity index is 2.74. The lowest BCUT2D eigenvalue weighted by Gasteiger charge is -2.11. The average molecular weight is 286 g/mol. The van der Waals surface area contributed by atoms with Crippen molar-refractivity contribution in [1.82, 2.24) is 5.32 Å². The van der Waals surface area contributed by atoms with Gasteiger partial charge in [0.15, 0.2) is 0 Å². The number of amides is 2. The van der Waals surface area contributed by atoms with Crippen molar-refractivity contribution in [2.24, 2.45) is 0 Å². The zero-order valence-corrected chi connectivity index (χ0v) is 11.4. The van der Waals surface area contributed by atoms with E-state index in [0.717, 1.165) is 19.1 Å². The molecule has 1 aromatic rings. The molecule has 1 rings (SSSR count). The Kier molecular flexibility index (Phi) is 5.42. The Morgan fingerprint density at radius 1 is 1.25 bits per heavy atom. The number of carbonyl (C=O) groups excluding carboxylic acids is 2. The maximum Gasteiger partial charge on any atom is 0.407 e. The molecule has 110 valence electrons. The molecule has 0 bridgehead atoms. The first-order chi connectivity index (χ1) is 9.29. The first kappa shape index (κ1) is 15.9. The smallest absolute Gasteiger partial charge is 0.407 e. The van der Waals surface area contributed by atoms with Crippen molar-refractivity contribution < 1.29 is 23.1 Å². The summed E-state index contributed by atoms with van der Waals surface area (Å²) in [5.41, 5.74) is -0.374. The fourth-order valence-corrected chi connectivity index (χ4v) is 1.43. The van der Waals surface area contributed by atoms with Crippen LogP contribution in [0.25, 0.3) is 0 Å². The van der Waals surface area contributed by atoms with Gasteiger partial charge in [-0.25, -0.2) is 13.6 Å². The number of ether oxygens (including phenoxy) is 1. The summed E-state index contributed by atoms with van der Waals surface area (Å²) < 4.78 is 32.0. The van der Waals surface area contributed by atoms with E-state index in [0.29, 0.717) is 0 Å². The van der Waals surface area contributed by atoms with Crippen LogP contribution in [0.1, 0.15) is 26.3 Å². The summed E-state index contributed by atoms with van der Waals surface area (Å²) in [6.45, 7) is 4.38. The quantitative estimate of drug-likeness (QED) is 0.894. The maximum atomic E-state index is 13.6. The molecule has 7 heteroatoms. The van der Waals surface area contributed by atoms with Gasteiger partial charge in [0.05, 0.1) is 0 Å². The number of carbonyl (C=O) groups is 2. The van der Waals surface area contributed by atoms with Gasteiger partial charge in [0.2, 0.25) is 5.91 Å². The third-order valence-electron chi connectivity index (χ3n) is 2.18. The predicted molar refractivity (Wildman–Crippen MR) is 69.1 cm³/mol. The van der Waals surface area contributed by atoms with Crippen molar-refractivity contribution in [2.75, 3.05) is 5.32 Å². The molecule has 20 heavy (non-hydrogen) atoms. The SMILES string of the molecule is CC(=O)Nc1c(F)cc(COC(=O)NC(C)C)cc1F. The number of anilines is 1. The van der Waals surface area contributed by atoms with Gasteiger partial charge in [-0.3, -0.25) is 4.79 Å². The van der Waals surface area contributed by atoms with Crippen LogP contribution < -0.4 is 10.6 Å². The van der Waals surface area contributed by atoms with E-state index in [1.54, 1.807) is 13.8 Å². The molecule has 0 aliphatic heterocycles. The number of halogens is 2. The van der Waals surface area contributed by atoms with Gasteiger partial charge in [-0.15, -0.1) is 0 Å². The molecule has 1 aromatic carbocycles. The highest BCUT2D eigenvalue weighted by Gasteiger charge is 2.13. The van der Waals surface area contributed by atoms with E-state index < -0.39 is 29.3 Å². The van der Waals surface area contributed by atoms with Crippen molar-refractivity contribution in [3.8, 4) is 0 Å². The molecule has 0 heterocycles. The fourth-order valence-electron chi connectivity index (χ4n) is 1.43. The van der Waals surface area contributed by atoms with Crippen LogP contribution in [-0.2, 0) is 16.1 Å². The summed E-state index contributed by atoms with van der Waals surface area (Å²) in [4.78, 5) is 22.0. The Morgan fingerprint density at radius 2 is 1.80 bits per heavy atom. The molecule has 0 spiro atoms. The molecule has 0 atom stereocenters. The average Bonchev–Trinajstić information content (AvgIpc) is 2.30. The van der Waals surface area contributed by atoms with Crippen LogP contribution in [0.3, 0.4) is 0 Å². The van der Waals surface area contributed by atoms with Crippen molar-refractivity contribution >= 4 is 17.7 Å². The molecular formula is C13H16F2N2O3. The minimum Gasteiger partial charge on any atom is -0.445 e. The molecule has 2 amide bonds. The van der Waals surface area contributed by atoms with Crippen LogP contribution in [-0.4, -0.2) is 18.0 Å². The number of nitrogens with one attached hydrogen (secondary N) is 2. The Hall–Kier alpha value is -2.18. The molecule has 0 saturated carbocycles. The number of alkyl carbamates (subject to hydrolysis) is 1. The van der Waals surface area contributed by atoms with E-state index in [2.05, 4.69) is 10.6 Å². The molecule has 2 N–H and O–H groups in total. The van der Waals surface area contributed by atoms with Crippen LogP contribution >= 0.6 is 0 Å². The van der Waals surface area contributed by atoms with Crippen LogP contribution in [0, 0.1) is 11.6 Å². The summed E-state index contributed by atoms with van der Waals surface area (Å²) >= 11 is 0. The standard InChI is InChI=1S/C13H16F2N2O3/c1-7(2)16-13(19)20-6-9-4-10(14)12(11(15)5-9)17-8(3)18/h4-5,7H,6H2,1-3H3,(H,16,19)(H,17,18). The van der Waals surface area contributed by atoms with E-state index in [1.807, 2.05) is 0 Å². The molecule has 5 nitrogen and oxygen atoms in total. The van der Waals surface area contributed by atoms with Gasteiger partial charge in [0.1, 0.15) is 23.9 Å². The molecule has 0 saturated heterocycles. The third-order valence-corrected chi connectivity index (χ3v) is 2.18. The normalized spacial score (nSPS) is 10.3. The number of rotatable bonds is 4. The minimum absolute atomic E-state index is 0.0990. The van der Waals surface area contributed by atoms with Crippen LogP contribution in [0.2, 0.25) is 0 Å². The third kappa shape index (κ3) is 4.83. The van der Waals surface area contributed by atoms with Gasteiger partial charge in [-0.2, -0.15) is 0 Å². The Morgan fingerprint density at radius 3 is 2.25 bits per heavy atom. The van der Waals surface area contributed by atoms with E-state index in [4.69, 9.17) is 4.74 Å². The predicted octanol–water partition coefficient (Wildman–Crippen LogP) is 2.56. The highest BCUT2D eigenvalue weighted by molar-refractivity contribution is 5.88. The van der Waals surface area contributed by atoms with Gasteiger partial charge in [-0.05, 0) is 31.5 Å². The zero-order valence-electron chi connectivity index (χ0n) is 11.4. The second-order valence-corrected chi connectivity index (χ2v) is 4.49. The van der Waals surface area contributed by atoms with E-state index in [9.17, 15) is 18.4 Å². The van der Waals surface area contributed by atoms with Gasteiger partial charge in [0, 0.05) is 13.0 Å². The van der Waals surface area contributed by atoms with Gasteiger partial charge in [-0.1, -0.05) is 0 Å². The second kappa shape index (κ2) is 6.83. The van der Waals surface area contributed by atoms with Gasteiger partial charge < -0.3 is 15.4 Å². The molecule has 0 unspecified atom stereocenters. The first-order valence-electron chi connectivity index (χ1n) is 5.98. The molecule has 0 aromatic heterocycles. The maximum absolute atomic E-state index is 13.6.